The number of methoxy groups -OCH3 is 2. The Morgan fingerprint density at radius 2 is 0.960 bits per heavy atom. The first-order chi connectivity index (χ1) is 12.2. The van der Waals surface area contributed by atoms with Gasteiger partial charge >= 0.3 is 0 Å². The van der Waals surface area contributed by atoms with Crippen molar-refractivity contribution in [2.24, 2.45) is 0 Å². The maximum absolute atomic E-state index is 5.29. The SMILES string of the molecule is CCc1ccc(N(c2ccc(OC)cc2)c2ccc(OC)cc2)cc1. The molecule has 0 bridgehead atoms. The molecule has 3 rings (SSSR count). The first-order valence-electron chi connectivity index (χ1n) is 8.42. The molecule has 0 radical (unpaired) electrons. The van der Waals surface area contributed by atoms with Crippen LogP contribution in [-0.4, -0.2) is 14.2 Å². The van der Waals surface area contributed by atoms with E-state index in [4.69, 9.17) is 9.47 Å². The molecule has 0 amide bonds. The Kier molecular flexibility index (Phi) is 5.24. The Morgan fingerprint density at radius 3 is 1.28 bits per heavy atom. The number of hydrogen-bond acceptors (Lipinski definition) is 3. The van der Waals surface area contributed by atoms with Gasteiger partial charge in [-0.15, -0.1) is 0 Å². The van der Waals surface area contributed by atoms with Gasteiger partial charge in [-0.2, -0.15) is 0 Å². The van der Waals surface area contributed by atoms with Crippen molar-refractivity contribution in [1.82, 2.24) is 0 Å². The van der Waals surface area contributed by atoms with E-state index in [1.165, 1.54) is 5.56 Å². The van der Waals surface area contributed by atoms with Crippen molar-refractivity contribution in [3.63, 3.8) is 0 Å². The topological polar surface area (TPSA) is 21.7 Å². The number of anilines is 3. The average Bonchev–Trinajstić information content (AvgIpc) is 2.70. The van der Waals surface area contributed by atoms with Gasteiger partial charge in [-0.1, -0.05) is 19.1 Å². The van der Waals surface area contributed by atoms with Crippen molar-refractivity contribution in [3.8, 4) is 11.5 Å². The summed E-state index contributed by atoms with van der Waals surface area (Å²) < 4.78 is 10.6. The molecule has 3 aromatic carbocycles. The molecule has 3 nitrogen and oxygen atoms in total. The predicted molar refractivity (Wildman–Crippen MR) is 104 cm³/mol. The van der Waals surface area contributed by atoms with Crippen LogP contribution in [0.3, 0.4) is 0 Å². The zero-order valence-corrected chi connectivity index (χ0v) is 14.9. The molecule has 0 aromatic heterocycles. The van der Waals surface area contributed by atoms with E-state index in [-0.39, 0.29) is 0 Å². The molecule has 0 unspecified atom stereocenters. The van der Waals surface area contributed by atoms with Gasteiger partial charge in [0.2, 0.25) is 0 Å². The van der Waals surface area contributed by atoms with Crippen molar-refractivity contribution >= 4 is 17.1 Å². The van der Waals surface area contributed by atoms with E-state index >= 15 is 0 Å². The smallest absolute Gasteiger partial charge is 0.119 e. The van der Waals surface area contributed by atoms with E-state index in [1.54, 1.807) is 14.2 Å². The third-order valence-corrected chi connectivity index (χ3v) is 4.26. The molecule has 3 heteroatoms. The monoisotopic (exact) mass is 333 g/mol. The van der Waals surface area contributed by atoms with Gasteiger partial charge in [0, 0.05) is 17.1 Å². The van der Waals surface area contributed by atoms with Crippen LogP contribution in [0.2, 0.25) is 0 Å². The Labute approximate surface area is 149 Å². The minimum absolute atomic E-state index is 0.847. The Balaban J connectivity index is 2.04. The van der Waals surface area contributed by atoms with Gasteiger partial charge in [-0.05, 0) is 72.6 Å². The molecule has 128 valence electrons. The van der Waals surface area contributed by atoms with Crippen molar-refractivity contribution in [1.29, 1.82) is 0 Å². The maximum atomic E-state index is 5.29. The zero-order chi connectivity index (χ0) is 17.6. The number of nitrogens with zero attached hydrogens (tertiary/aromatic N) is 1. The molecule has 0 aliphatic rings. The average molecular weight is 333 g/mol. The number of rotatable bonds is 6. The van der Waals surface area contributed by atoms with E-state index < -0.39 is 0 Å². The highest BCUT2D eigenvalue weighted by Crippen LogP contribution is 2.36. The van der Waals surface area contributed by atoms with Crippen LogP contribution in [0.5, 0.6) is 11.5 Å². The third kappa shape index (κ3) is 3.77. The van der Waals surface area contributed by atoms with E-state index in [0.29, 0.717) is 0 Å². The molecule has 0 aliphatic heterocycles. The molecular formula is C22H23NO2. The van der Waals surface area contributed by atoms with Crippen LogP contribution in [-0.2, 0) is 6.42 Å². The number of benzene rings is 3. The molecule has 25 heavy (non-hydrogen) atoms. The van der Waals surface area contributed by atoms with Crippen LogP contribution in [0, 0.1) is 0 Å². The molecule has 0 atom stereocenters. The van der Waals surface area contributed by atoms with Crippen molar-refractivity contribution in [2.45, 2.75) is 13.3 Å². The van der Waals surface area contributed by atoms with E-state index in [9.17, 15) is 0 Å². The number of aryl methyl sites for hydroxylation is 1. The summed E-state index contributed by atoms with van der Waals surface area (Å²) in [6, 6.07) is 24.9. The first kappa shape index (κ1) is 16.9. The quantitative estimate of drug-likeness (QED) is 0.574. The second kappa shape index (κ2) is 7.75. The molecule has 0 fully saturated rings. The fourth-order valence-electron chi connectivity index (χ4n) is 2.79. The highest BCUT2D eigenvalue weighted by atomic mass is 16.5. The third-order valence-electron chi connectivity index (χ3n) is 4.26. The summed E-state index contributed by atoms with van der Waals surface area (Å²) in [6.45, 7) is 2.17. The molecular weight excluding hydrogens is 310 g/mol. The Bertz CT molecular complexity index is 680. The molecule has 3 aromatic rings. The lowest BCUT2D eigenvalue weighted by Gasteiger charge is -2.26. The van der Waals surface area contributed by atoms with Crippen LogP contribution in [0.1, 0.15) is 12.5 Å². The van der Waals surface area contributed by atoms with Gasteiger partial charge in [0.1, 0.15) is 11.5 Å². The minimum atomic E-state index is 0.847. The highest BCUT2D eigenvalue weighted by Gasteiger charge is 2.12. The van der Waals surface area contributed by atoms with Crippen molar-refractivity contribution in [3.05, 3.63) is 78.4 Å². The van der Waals surface area contributed by atoms with Crippen molar-refractivity contribution in [2.75, 3.05) is 19.1 Å². The summed E-state index contributed by atoms with van der Waals surface area (Å²) in [5.74, 6) is 1.69. The molecule has 0 spiro atoms. The first-order valence-corrected chi connectivity index (χ1v) is 8.42. The van der Waals surface area contributed by atoms with Gasteiger partial charge in [0.05, 0.1) is 14.2 Å². The highest BCUT2D eigenvalue weighted by molar-refractivity contribution is 5.77. The van der Waals surface area contributed by atoms with Crippen LogP contribution >= 0.6 is 0 Å². The fourth-order valence-corrected chi connectivity index (χ4v) is 2.79. The van der Waals surface area contributed by atoms with Gasteiger partial charge in [-0.25, -0.2) is 0 Å². The van der Waals surface area contributed by atoms with Gasteiger partial charge < -0.3 is 14.4 Å². The summed E-state index contributed by atoms with van der Waals surface area (Å²) in [7, 11) is 3.36. The lowest BCUT2D eigenvalue weighted by Crippen LogP contribution is -2.09. The van der Waals surface area contributed by atoms with E-state index in [2.05, 4.69) is 60.4 Å². The summed E-state index contributed by atoms with van der Waals surface area (Å²) in [6.07, 6.45) is 1.03. The molecule has 0 aliphatic carbocycles. The maximum Gasteiger partial charge on any atom is 0.119 e. The zero-order valence-electron chi connectivity index (χ0n) is 14.9. The summed E-state index contributed by atoms with van der Waals surface area (Å²) in [5, 5.41) is 0. The predicted octanol–water partition coefficient (Wildman–Crippen LogP) is 5.74. The van der Waals surface area contributed by atoms with E-state index in [0.717, 1.165) is 35.0 Å². The normalized spacial score (nSPS) is 10.4. The Morgan fingerprint density at radius 1 is 0.600 bits per heavy atom. The van der Waals surface area contributed by atoms with Gasteiger partial charge in [-0.3, -0.25) is 0 Å². The summed E-state index contributed by atoms with van der Waals surface area (Å²) in [4.78, 5) is 2.22. The molecule has 0 saturated heterocycles. The largest absolute Gasteiger partial charge is 0.497 e. The van der Waals surface area contributed by atoms with Crippen LogP contribution in [0.4, 0.5) is 17.1 Å². The number of hydrogen-bond donors (Lipinski definition) is 0. The van der Waals surface area contributed by atoms with Crippen LogP contribution < -0.4 is 14.4 Å². The Hall–Kier alpha value is -2.94. The van der Waals surface area contributed by atoms with Crippen molar-refractivity contribution < 1.29 is 9.47 Å². The van der Waals surface area contributed by atoms with E-state index in [1.807, 2.05) is 24.3 Å². The van der Waals surface area contributed by atoms with Crippen LogP contribution in [0.15, 0.2) is 72.8 Å². The number of ether oxygens (including phenoxy) is 2. The second-order valence-electron chi connectivity index (χ2n) is 5.75. The summed E-state index contributed by atoms with van der Waals surface area (Å²) >= 11 is 0. The molecule has 0 heterocycles. The minimum Gasteiger partial charge on any atom is -0.497 e. The summed E-state index contributed by atoms with van der Waals surface area (Å²) in [5.41, 5.74) is 4.60. The van der Waals surface area contributed by atoms with Crippen LogP contribution in [0.25, 0.3) is 0 Å². The molecule has 0 saturated carbocycles. The molecule has 0 N–H and O–H groups in total. The van der Waals surface area contributed by atoms with Gasteiger partial charge in [0.25, 0.3) is 0 Å². The standard InChI is InChI=1S/C22H23NO2/c1-4-17-5-7-18(8-6-17)23(19-9-13-21(24-2)14-10-19)20-11-15-22(25-3)16-12-20/h5-16H,4H2,1-3H3. The second-order valence-corrected chi connectivity index (χ2v) is 5.75. The fraction of sp³-hybridized carbons (Fsp3) is 0.182. The lowest BCUT2D eigenvalue weighted by molar-refractivity contribution is 0.415. The van der Waals surface area contributed by atoms with Gasteiger partial charge in [0.15, 0.2) is 0 Å². The lowest BCUT2D eigenvalue weighted by atomic mass is 10.1.